The van der Waals surface area contributed by atoms with Crippen molar-refractivity contribution in [2.45, 2.75) is 65.2 Å². The summed E-state index contributed by atoms with van der Waals surface area (Å²) in [5.41, 5.74) is 2.81. The summed E-state index contributed by atoms with van der Waals surface area (Å²) < 4.78 is 73.0. The maximum atomic E-state index is 15.3. The number of ketones is 1. The second-order valence-electron chi connectivity index (χ2n) is 12.3. The molecule has 44 heavy (non-hydrogen) atoms. The summed E-state index contributed by atoms with van der Waals surface area (Å²) in [5, 5.41) is -2.04. The van der Waals surface area contributed by atoms with Crippen LogP contribution in [-0.4, -0.2) is 33.1 Å². The zero-order valence-electron chi connectivity index (χ0n) is 24.6. The Hall–Kier alpha value is -3.62. The zero-order valence-corrected chi connectivity index (χ0v) is 26.3. The summed E-state index contributed by atoms with van der Waals surface area (Å²) in [6.07, 6.45) is -0.00870. The van der Waals surface area contributed by atoms with Crippen LogP contribution in [0.1, 0.15) is 53.4 Å². The van der Waals surface area contributed by atoms with Gasteiger partial charge in [-0.25, -0.2) is 21.2 Å². The fraction of sp³-hybridized carbons (Fsp3) is 0.306. The summed E-state index contributed by atoms with van der Waals surface area (Å²) in [6, 6.07) is 28.6. The Kier molecular flexibility index (Phi) is 8.09. The van der Waals surface area contributed by atoms with Gasteiger partial charge < -0.3 is 0 Å². The molecule has 0 amide bonds. The number of hydrogen-bond acceptors (Lipinski definition) is 5. The van der Waals surface area contributed by atoms with Crippen molar-refractivity contribution in [3.8, 4) is 0 Å². The zero-order chi connectivity index (χ0) is 31.2. The maximum Gasteiger partial charge on any atom is 0.182 e. The highest BCUT2D eigenvalue weighted by molar-refractivity contribution is 7.92. The highest BCUT2D eigenvalue weighted by atomic mass is 32.2. The molecule has 0 bridgehead atoms. The summed E-state index contributed by atoms with van der Waals surface area (Å²) in [4.78, 5) is 14.3. The molecule has 0 N–H and O–H groups in total. The van der Waals surface area contributed by atoms with Gasteiger partial charge in [-0.3, -0.25) is 4.79 Å². The standard InChI is InChI=1S/C36H35FO5S2/c1-23-12-16-26(17-13-23)43(39,40)35-22-30-31(20-29(35)25-8-4-3-5-9-25)36(44(41,42)27-18-14-24(2)15-19-27)32(21-34(30)38)28-10-6-7-11-33(28)37/h3-19,29-32,35-36H,20-22H2,1-2H3/t29-,30+,31-,32-,35?,36?/m0/s1. The van der Waals surface area contributed by atoms with Crippen LogP contribution < -0.4 is 0 Å². The molecule has 4 aromatic rings. The van der Waals surface area contributed by atoms with Crippen LogP contribution in [0.25, 0.3) is 0 Å². The topological polar surface area (TPSA) is 85.3 Å². The minimum atomic E-state index is -4.07. The number of fused-ring (bicyclic) bond motifs is 1. The van der Waals surface area contributed by atoms with E-state index in [2.05, 4.69) is 0 Å². The average Bonchev–Trinajstić information content (AvgIpc) is 3.01. The molecule has 6 atom stereocenters. The molecule has 4 aromatic carbocycles. The van der Waals surface area contributed by atoms with Crippen LogP contribution in [0.3, 0.4) is 0 Å². The highest BCUT2D eigenvalue weighted by Crippen LogP contribution is 2.54. The second kappa shape index (κ2) is 11.7. The molecule has 2 aliphatic carbocycles. The van der Waals surface area contributed by atoms with Crippen molar-refractivity contribution in [1.82, 2.24) is 0 Å². The highest BCUT2D eigenvalue weighted by Gasteiger charge is 2.56. The van der Waals surface area contributed by atoms with E-state index in [-0.39, 0.29) is 40.4 Å². The number of aryl methyl sites for hydroxylation is 2. The SMILES string of the molecule is Cc1ccc(S(=O)(=O)C2C[C@H]3C(=O)C[C@@H](c4ccccc4F)C(S(=O)(=O)c4ccc(C)cc4)[C@H]3C[C@H]2c2ccccc2)cc1. The first-order valence-electron chi connectivity index (χ1n) is 14.9. The molecule has 0 aliphatic heterocycles. The maximum absolute atomic E-state index is 15.3. The van der Waals surface area contributed by atoms with E-state index in [1.54, 1.807) is 66.7 Å². The van der Waals surface area contributed by atoms with E-state index in [9.17, 15) is 21.6 Å². The minimum Gasteiger partial charge on any atom is -0.299 e. The Morgan fingerprint density at radius 2 is 1.16 bits per heavy atom. The van der Waals surface area contributed by atoms with Gasteiger partial charge in [0.25, 0.3) is 0 Å². The summed E-state index contributed by atoms with van der Waals surface area (Å²) in [5.74, 6) is -3.74. The number of halogens is 1. The Morgan fingerprint density at radius 3 is 1.75 bits per heavy atom. The Labute approximate surface area is 259 Å². The predicted molar refractivity (Wildman–Crippen MR) is 168 cm³/mol. The van der Waals surface area contributed by atoms with Gasteiger partial charge in [-0.05, 0) is 74.1 Å². The summed E-state index contributed by atoms with van der Waals surface area (Å²) in [6.45, 7) is 3.75. The van der Waals surface area contributed by atoms with E-state index in [0.717, 1.165) is 16.7 Å². The van der Waals surface area contributed by atoms with Crippen LogP contribution in [0.15, 0.2) is 113 Å². The van der Waals surface area contributed by atoms with Gasteiger partial charge in [-0.15, -0.1) is 0 Å². The molecule has 0 radical (unpaired) electrons. The van der Waals surface area contributed by atoms with Crippen LogP contribution >= 0.6 is 0 Å². The van der Waals surface area contributed by atoms with Crippen molar-refractivity contribution in [1.29, 1.82) is 0 Å². The molecule has 5 nitrogen and oxygen atoms in total. The van der Waals surface area contributed by atoms with Crippen LogP contribution in [0.4, 0.5) is 4.39 Å². The van der Waals surface area contributed by atoms with Crippen molar-refractivity contribution in [2.75, 3.05) is 0 Å². The first-order valence-corrected chi connectivity index (χ1v) is 18.0. The van der Waals surface area contributed by atoms with Crippen molar-refractivity contribution in [3.05, 3.63) is 131 Å². The molecule has 2 unspecified atom stereocenters. The molecule has 2 saturated carbocycles. The first-order chi connectivity index (χ1) is 21.0. The predicted octanol–water partition coefficient (Wildman–Crippen LogP) is 6.99. The van der Waals surface area contributed by atoms with E-state index in [0.29, 0.717) is 0 Å². The van der Waals surface area contributed by atoms with Crippen LogP contribution in [0, 0.1) is 31.5 Å². The molecule has 2 fully saturated rings. The van der Waals surface area contributed by atoms with Crippen LogP contribution in [0.5, 0.6) is 0 Å². The summed E-state index contributed by atoms with van der Waals surface area (Å²) in [7, 11) is -7.96. The van der Waals surface area contributed by atoms with E-state index in [4.69, 9.17) is 0 Å². The van der Waals surface area contributed by atoms with Crippen molar-refractivity contribution in [3.63, 3.8) is 0 Å². The lowest BCUT2D eigenvalue weighted by Crippen LogP contribution is -2.53. The fourth-order valence-corrected chi connectivity index (χ4v) is 11.7. The third-order valence-corrected chi connectivity index (χ3v) is 14.2. The lowest BCUT2D eigenvalue weighted by atomic mass is 9.61. The monoisotopic (exact) mass is 630 g/mol. The van der Waals surface area contributed by atoms with Gasteiger partial charge in [0.2, 0.25) is 0 Å². The number of rotatable bonds is 6. The molecule has 0 aromatic heterocycles. The number of carbonyl (C=O) groups is 1. The van der Waals surface area contributed by atoms with E-state index in [1.165, 1.54) is 6.07 Å². The fourth-order valence-electron chi connectivity index (χ4n) is 7.41. The van der Waals surface area contributed by atoms with Gasteiger partial charge in [0.05, 0.1) is 20.3 Å². The normalized spacial score (nSPS) is 25.8. The molecule has 0 spiro atoms. The Bertz CT molecular complexity index is 1890. The lowest BCUT2D eigenvalue weighted by Gasteiger charge is -2.48. The molecule has 8 heteroatoms. The van der Waals surface area contributed by atoms with Gasteiger partial charge in [-0.2, -0.15) is 0 Å². The lowest BCUT2D eigenvalue weighted by molar-refractivity contribution is -0.128. The molecule has 6 rings (SSSR count). The molecular weight excluding hydrogens is 596 g/mol. The molecule has 2 aliphatic rings. The van der Waals surface area contributed by atoms with Gasteiger partial charge in [0, 0.05) is 24.2 Å². The minimum absolute atomic E-state index is 0.00316. The number of hydrogen-bond donors (Lipinski definition) is 0. The van der Waals surface area contributed by atoms with Crippen molar-refractivity contribution >= 4 is 25.5 Å². The van der Waals surface area contributed by atoms with Crippen molar-refractivity contribution < 1.29 is 26.0 Å². The largest absolute Gasteiger partial charge is 0.299 e. The van der Waals surface area contributed by atoms with Gasteiger partial charge >= 0.3 is 0 Å². The third kappa shape index (κ3) is 5.43. The average molecular weight is 631 g/mol. The molecule has 0 saturated heterocycles. The molecular formula is C36H35FO5S2. The number of sulfone groups is 2. The number of benzene rings is 4. The first kappa shape index (κ1) is 30.4. The second-order valence-corrected chi connectivity index (χ2v) is 16.5. The van der Waals surface area contributed by atoms with Gasteiger partial charge in [-0.1, -0.05) is 83.9 Å². The number of carbonyl (C=O) groups excluding carboxylic acids is 1. The molecule has 0 heterocycles. The third-order valence-electron chi connectivity index (χ3n) is 9.62. The van der Waals surface area contributed by atoms with Crippen molar-refractivity contribution in [2.24, 2.45) is 11.8 Å². The van der Waals surface area contributed by atoms with Gasteiger partial charge in [0.15, 0.2) is 19.7 Å². The van der Waals surface area contributed by atoms with E-state index >= 15 is 4.39 Å². The smallest absolute Gasteiger partial charge is 0.182 e. The Balaban J connectivity index is 1.51. The van der Waals surface area contributed by atoms with Crippen LogP contribution in [-0.2, 0) is 24.5 Å². The summed E-state index contributed by atoms with van der Waals surface area (Å²) >= 11 is 0. The van der Waals surface area contributed by atoms with Crippen LogP contribution in [0.2, 0.25) is 0 Å². The van der Waals surface area contributed by atoms with E-state index in [1.807, 2.05) is 44.2 Å². The molecule has 228 valence electrons. The van der Waals surface area contributed by atoms with E-state index < -0.39 is 59.7 Å². The Morgan fingerprint density at radius 1 is 0.614 bits per heavy atom. The quantitative estimate of drug-likeness (QED) is 0.229. The number of Topliss-reactive ketones (excluding diaryl/α,β-unsaturated/α-hetero) is 1. The van der Waals surface area contributed by atoms with Gasteiger partial charge in [0.1, 0.15) is 11.6 Å².